The van der Waals surface area contributed by atoms with Crippen molar-refractivity contribution < 1.29 is 14.1 Å². The van der Waals surface area contributed by atoms with E-state index >= 15 is 0 Å². The molecular formula is C22H23N5O3S2. The average Bonchev–Trinajstić information content (AvgIpc) is 3.44. The second kappa shape index (κ2) is 8.79. The van der Waals surface area contributed by atoms with Gasteiger partial charge in [-0.3, -0.25) is 14.9 Å². The van der Waals surface area contributed by atoms with E-state index in [2.05, 4.69) is 25.8 Å². The highest BCUT2D eigenvalue weighted by atomic mass is 32.1. The number of rotatable bonds is 6. The molecule has 0 fully saturated rings. The van der Waals surface area contributed by atoms with Crippen LogP contribution in [0.5, 0.6) is 0 Å². The molecule has 0 atom stereocenters. The first kappa shape index (κ1) is 22.1. The van der Waals surface area contributed by atoms with E-state index in [1.165, 1.54) is 18.3 Å². The van der Waals surface area contributed by atoms with Crippen molar-refractivity contribution in [3.8, 4) is 10.6 Å². The Labute approximate surface area is 193 Å². The molecule has 8 nitrogen and oxygen atoms in total. The monoisotopic (exact) mass is 469 g/mol. The molecule has 0 radical (unpaired) electrons. The Kier molecular flexibility index (Phi) is 6.07. The van der Waals surface area contributed by atoms with Crippen LogP contribution in [-0.4, -0.2) is 26.9 Å². The minimum Gasteiger partial charge on any atom is -0.351 e. The van der Waals surface area contributed by atoms with Crippen LogP contribution in [-0.2, 0) is 11.3 Å². The van der Waals surface area contributed by atoms with Gasteiger partial charge in [0.2, 0.25) is 5.91 Å². The smallest absolute Gasteiger partial charge is 0.259 e. The van der Waals surface area contributed by atoms with Crippen LogP contribution in [0.2, 0.25) is 0 Å². The second-order valence-electron chi connectivity index (χ2n) is 7.75. The number of anilines is 1. The van der Waals surface area contributed by atoms with Crippen LogP contribution in [0.1, 0.15) is 58.2 Å². The Hall–Kier alpha value is -3.11. The number of amides is 2. The normalized spacial score (nSPS) is 11.3. The first-order chi connectivity index (χ1) is 15.2. The summed E-state index contributed by atoms with van der Waals surface area (Å²) in [5.74, 6) is -0.206. The molecule has 32 heavy (non-hydrogen) atoms. The maximum atomic E-state index is 13.2. The molecule has 4 aromatic rings. The fraction of sp³-hybridized carbons (Fsp3) is 0.318. The van der Waals surface area contributed by atoms with E-state index in [1.54, 1.807) is 24.3 Å². The van der Waals surface area contributed by atoms with Gasteiger partial charge in [-0.15, -0.1) is 22.7 Å². The van der Waals surface area contributed by atoms with Gasteiger partial charge in [0.25, 0.3) is 11.6 Å². The Balaban J connectivity index is 1.60. The van der Waals surface area contributed by atoms with Crippen molar-refractivity contribution in [3.63, 3.8) is 0 Å². The van der Waals surface area contributed by atoms with Gasteiger partial charge in [-0.25, -0.2) is 9.97 Å². The third-order valence-corrected chi connectivity index (χ3v) is 6.87. The SMILES string of the molecule is CC(=O)NCc1ccc(-c2nc(NC(=O)c3cc(C(C)C)nc4onc(C)c34)sc2C)s1. The molecule has 0 saturated carbocycles. The Bertz CT molecular complexity index is 1320. The lowest BCUT2D eigenvalue weighted by atomic mass is 10.0. The minimum atomic E-state index is -0.275. The summed E-state index contributed by atoms with van der Waals surface area (Å²) in [6.07, 6.45) is 0. The zero-order valence-corrected chi connectivity index (χ0v) is 20.0. The highest BCUT2D eigenvalue weighted by Crippen LogP contribution is 2.35. The average molecular weight is 470 g/mol. The molecule has 2 N–H and O–H groups in total. The van der Waals surface area contributed by atoms with Crippen molar-refractivity contribution in [1.29, 1.82) is 0 Å². The van der Waals surface area contributed by atoms with Gasteiger partial charge in [0.05, 0.1) is 33.8 Å². The van der Waals surface area contributed by atoms with Crippen molar-refractivity contribution in [2.45, 2.75) is 47.1 Å². The summed E-state index contributed by atoms with van der Waals surface area (Å²) in [6.45, 7) is 9.77. The van der Waals surface area contributed by atoms with E-state index in [0.29, 0.717) is 34.0 Å². The number of nitrogens with zero attached hydrogens (tertiary/aromatic N) is 3. The third kappa shape index (κ3) is 4.42. The molecule has 4 aromatic heterocycles. The van der Waals surface area contributed by atoms with Gasteiger partial charge in [-0.2, -0.15) is 0 Å². The lowest BCUT2D eigenvalue weighted by Gasteiger charge is -2.08. The highest BCUT2D eigenvalue weighted by Gasteiger charge is 2.21. The molecular weight excluding hydrogens is 446 g/mol. The first-order valence-electron chi connectivity index (χ1n) is 10.1. The zero-order chi connectivity index (χ0) is 23.0. The summed E-state index contributed by atoms with van der Waals surface area (Å²) in [5.41, 5.74) is 3.04. The van der Waals surface area contributed by atoms with Crippen LogP contribution in [0.25, 0.3) is 21.7 Å². The molecule has 0 saturated heterocycles. The van der Waals surface area contributed by atoms with Gasteiger partial charge in [0.15, 0.2) is 5.13 Å². The molecule has 2 amide bonds. The van der Waals surface area contributed by atoms with Gasteiger partial charge < -0.3 is 9.84 Å². The molecule has 0 bridgehead atoms. The largest absolute Gasteiger partial charge is 0.351 e. The summed E-state index contributed by atoms with van der Waals surface area (Å²) >= 11 is 2.99. The predicted octanol–water partition coefficient (Wildman–Crippen LogP) is 5.04. The molecule has 0 unspecified atom stereocenters. The van der Waals surface area contributed by atoms with Crippen LogP contribution in [0.4, 0.5) is 5.13 Å². The molecule has 4 heterocycles. The third-order valence-electron chi connectivity index (χ3n) is 4.90. The topological polar surface area (TPSA) is 110 Å². The maximum Gasteiger partial charge on any atom is 0.259 e. The molecule has 0 aliphatic heterocycles. The van der Waals surface area contributed by atoms with Crippen molar-refractivity contribution in [3.05, 3.63) is 44.9 Å². The van der Waals surface area contributed by atoms with E-state index in [-0.39, 0.29) is 17.7 Å². The van der Waals surface area contributed by atoms with Crippen LogP contribution < -0.4 is 10.6 Å². The fourth-order valence-corrected chi connectivity index (χ4v) is 5.13. The van der Waals surface area contributed by atoms with Gasteiger partial charge >= 0.3 is 0 Å². The van der Waals surface area contributed by atoms with Crippen molar-refractivity contribution in [2.75, 3.05) is 5.32 Å². The summed E-state index contributed by atoms with van der Waals surface area (Å²) in [7, 11) is 0. The summed E-state index contributed by atoms with van der Waals surface area (Å²) in [6, 6.07) is 5.75. The van der Waals surface area contributed by atoms with Crippen LogP contribution >= 0.6 is 22.7 Å². The Morgan fingerprint density at radius 3 is 2.66 bits per heavy atom. The lowest BCUT2D eigenvalue weighted by molar-refractivity contribution is -0.119. The van der Waals surface area contributed by atoms with E-state index in [9.17, 15) is 9.59 Å². The van der Waals surface area contributed by atoms with Crippen molar-refractivity contribution >= 4 is 50.7 Å². The zero-order valence-electron chi connectivity index (χ0n) is 18.4. The van der Waals surface area contributed by atoms with Crippen LogP contribution in [0.3, 0.4) is 0 Å². The van der Waals surface area contributed by atoms with Gasteiger partial charge in [0, 0.05) is 22.4 Å². The van der Waals surface area contributed by atoms with Crippen LogP contribution in [0, 0.1) is 13.8 Å². The van der Waals surface area contributed by atoms with E-state index in [0.717, 1.165) is 26.0 Å². The number of carbonyl (C=O) groups excluding carboxylic acids is 2. The number of nitrogens with one attached hydrogen (secondary N) is 2. The molecule has 0 aliphatic rings. The molecule has 0 spiro atoms. The van der Waals surface area contributed by atoms with Gasteiger partial charge in [-0.05, 0) is 38.0 Å². The number of aryl methyl sites for hydroxylation is 2. The second-order valence-corrected chi connectivity index (χ2v) is 10.1. The molecule has 0 aromatic carbocycles. The molecule has 4 rings (SSSR count). The molecule has 166 valence electrons. The number of aromatic nitrogens is 3. The maximum absolute atomic E-state index is 13.2. The number of thiophene rings is 1. The lowest BCUT2D eigenvalue weighted by Crippen LogP contribution is -2.17. The quantitative estimate of drug-likeness (QED) is 0.409. The summed E-state index contributed by atoms with van der Waals surface area (Å²) in [4.78, 5) is 36.5. The number of fused-ring (bicyclic) bond motifs is 1. The fourth-order valence-electron chi connectivity index (χ4n) is 3.24. The Morgan fingerprint density at radius 2 is 1.94 bits per heavy atom. The molecule has 10 heteroatoms. The number of pyridine rings is 1. The van der Waals surface area contributed by atoms with E-state index < -0.39 is 0 Å². The van der Waals surface area contributed by atoms with Crippen molar-refractivity contribution in [1.82, 2.24) is 20.4 Å². The van der Waals surface area contributed by atoms with E-state index in [4.69, 9.17) is 4.52 Å². The van der Waals surface area contributed by atoms with Crippen LogP contribution in [0.15, 0.2) is 22.7 Å². The van der Waals surface area contributed by atoms with E-state index in [1.807, 2.05) is 32.9 Å². The minimum absolute atomic E-state index is 0.0660. The standard InChI is InChI=1S/C22H23N5O3S2/c1-10(2)16-8-15(18-11(3)27-30-21(18)24-16)20(29)26-22-25-19(12(4)31-22)17-7-6-14(32-17)9-23-13(5)28/h6-8,10H,9H2,1-5H3,(H,23,28)(H,25,26,29). The molecule has 0 aliphatic carbocycles. The number of thiazole rings is 1. The summed E-state index contributed by atoms with van der Waals surface area (Å²) < 4.78 is 5.32. The summed E-state index contributed by atoms with van der Waals surface area (Å²) in [5, 5.41) is 10.8. The van der Waals surface area contributed by atoms with Gasteiger partial charge in [-0.1, -0.05) is 19.0 Å². The number of hydrogen-bond acceptors (Lipinski definition) is 8. The van der Waals surface area contributed by atoms with Gasteiger partial charge in [0.1, 0.15) is 0 Å². The number of carbonyl (C=O) groups is 2. The Morgan fingerprint density at radius 1 is 1.16 bits per heavy atom. The first-order valence-corrected chi connectivity index (χ1v) is 11.8. The number of hydrogen-bond donors (Lipinski definition) is 2. The predicted molar refractivity (Wildman–Crippen MR) is 126 cm³/mol. The van der Waals surface area contributed by atoms with Crippen molar-refractivity contribution in [2.24, 2.45) is 0 Å². The highest BCUT2D eigenvalue weighted by molar-refractivity contribution is 7.18.